The van der Waals surface area contributed by atoms with Crippen LogP contribution >= 0.6 is 0 Å². The van der Waals surface area contributed by atoms with Gasteiger partial charge in [-0.2, -0.15) is 0 Å². The summed E-state index contributed by atoms with van der Waals surface area (Å²) < 4.78 is 5.31. The highest BCUT2D eigenvalue weighted by Gasteiger charge is 2.12. The molecule has 0 saturated heterocycles. The molecule has 1 aliphatic heterocycles. The number of ether oxygens (including phenoxy) is 1. The van der Waals surface area contributed by atoms with Gasteiger partial charge in [0.2, 0.25) is 5.91 Å². The van der Waals surface area contributed by atoms with Gasteiger partial charge in [-0.05, 0) is 19.1 Å². The van der Waals surface area contributed by atoms with Crippen LogP contribution in [-0.4, -0.2) is 12.5 Å². The Morgan fingerprint density at radius 1 is 1.47 bits per heavy atom. The molecule has 1 aliphatic rings. The van der Waals surface area contributed by atoms with Crippen LogP contribution in [0, 0.1) is 0 Å². The third kappa shape index (κ3) is 4.49. The van der Waals surface area contributed by atoms with Crippen molar-refractivity contribution in [1.29, 1.82) is 0 Å². The van der Waals surface area contributed by atoms with Gasteiger partial charge in [0.05, 0.1) is 18.7 Å². The maximum absolute atomic E-state index is 11.1. The van der Waals surface area contributed by atoms with Crippen molar-refractivity contribution in [3.05, 3.63) is 36.3 Å². The molecule has 15 heavy (non-hydrogen) atoms. The lowest BCUT2D eigenvalue weighted by Gasteiger charge is -2.05. The van der Waals surface area contributed by atoms with E-state index in [2.05, 4.69) is 11.9 Å². The highest BCUT2D eigenvalue weighted by Crippen LogP contribution is 2.10. The van der Waals surface area contributed by atoms with Gasteiger partial charge >= 0.3 is 0 Å². The standard InChI is InChI=1S/C10H13NO2.C2H6/c1-3-5-8-9(4-2)13-7-6-10(12)11-8;1-2/h3-5H,2,6-7H2,1H3,(H,11,12);1-2H3/b5-3-;. The molecule has 0 bridgehead atoms. The Morgan fingerprint density at radius 3 is 2.67 bits per heavy atom. The summed E-state index contributed by atoms with van der Waals surface area (Å²) in [7, 11) is 0. The molecule has 0 atom stereocenters. The fourth-order valence-corrected chi connectivity index (χ4v) is 1.07. The number of hydrogen-bond acceptors (Lipinski definition) is 2. The Hall–Kier alpha value is -1.51. The molecular formula is C12H19NO2. The SMILES string of the molecule is C=CC1=C(/C=C\C)NC(=O)CCO1.CC. The van der Waals surface area contributed by atoms with E-state index in [0.29, 0.717) is 24.5 Å². The molecule has 3 nitrogen and oxygen atoms in total. The molecule has 0 radical (unpaired) electrons. The zero-order valence-electron chi connectivity index (χ0n) is 9.67. The van der Waals surface area contributed by atoms with E-state index in [-0.39, 0.29) is 5.91 Å². The zero-order valence-corrected chi connectivity index (χ0v) is 9.67. The van der Waals surface area contributed by atoms with Gasteiger partial charge < -0.3 is 10.1 Å². The minimum atomic E-state index is -0.0232. The summed E-state index contributed by atoms with van der Waals surface area (Å²) in [5.74, 6) is 0.605. The molecule has 84 valence electrons. The molecule has 3 heteroatoms. The Morgan fingerprint density at radius 2 is 2.13 bits per heavy atom. The van der Waals surface area contributed by atoms with Gasteiger partial charge in [0.1, 0.15) is 5.76 Å². The molecule has 0 aromatic rings. The second kappa shape index (κ2) is 7.85. The Kier molecular flexibility index (Phi) is 7.06. The average Bonchev–Trinajstić information content (AvgIpc) is 2.43. The van der Waals surface area contributed by atoms with E-state index in [1.165, 1.54) is 0 Å². The number of carbonyl (C=O) groups excluding carboxylic acids is 1. The van der Waals surface area contributed by atoms with E-state index in [1.807, 2.05) is 26.8 Å². The average molecular weight is 209 g/mol. The highest BCUT2D eigenvalue weighted by molar-refractivity contribution is 5.79. The van der Waals surface area contributed by atoms with Gasteiger partial charge in [0.15, 0.2) is 0 Å². The van der Waals surface area contributed by atoms with E-state index in [1.54, 1.807) is 12.2 Å². The van der Waals surface area contributed by atoms with Crippen LogP contribution in [0.3, 0.4) is 0 Å². The van der Waals surface area contributed by atoms with Crippen molar-refractivity contribution in [1.82, 2.24) is 5.32 Å². The van der Waals surface area contributed by atoms with Crippen molar-refractivity contribution >= 4 is 5.91 Å². The van der Waals surface area contributed by atoms with Crippen LogP contribution in [0.5, 0.6) is 0 Å². The lowest BCUT2D eigenvalue weighted by molar-refractivity contribution is -0.120. The number of carbonyl (C=O) groups is 1. The van der Waals surface area contributed by atoms with Crippen molar-refractivity contribution in [3.8, 4) is 0 Å². The smallest absolute Gasteiger partial charge is 0.227 e. The molecule has 0 spiro atoms. The maximum atomic E-state index is 11.1. The second-order valence-electron chi connectivity index (χ2n) is 2.63. The Balaban J connectivity index is 0.000000921. The van der Waals surface area contributed by atoms with Gasteiger partial charge in [-0.25, -0.2) is 0 Å². The summed E-state index contributed by atoms with van der Waals surface area (Å²) >= 11 is 0. The topological polar surface area (TPSA) is 38.3 Å². The van der Waals surface area contributed by atoms with Crippen molar-refractivity contribution < 1.29 is 9.53 Å². The minimum Gasteiger partial charge on any atom is -0.491 e. The molecule has 0 aromatic carbocycles. The third-order valence-corrected chi connectivity index (χ3v) is 1.64. The molecule has 1 heterocycles. The van der Waals surface area contributed by atoms with Crippen LogP contribution in [0.4, 0.5) is 0 Å². The number of rotatable bonds is 2. The van der Waals surface area contributed by atoms with Crippen LogP contribution in [-0.2, 0) is 9.53 Å². The molecule has 0 fully saturated rings. The largest absolute Gasteiger partial charge is 0.491 e. The van der Waals surface area contributed by atoms with Gasteiger partial charge in [-0.1, -0.05) is 26.5 Å². The normalized spacial score (nSPS) is 16.1. The van der Waals surface area contributed by atoms with Gasteiger partial charge in [-0.15, -0.1) is 0 Å². The number of nitrogens with one attached hydrogen (secondary N) is 1. The van der Waals surface area contributed by atoms with Crippen LogP contribution in [0.15, 0.2) is 36.3 Å². The first kappa shape index (κ1) is 13.5. The van der Waals surface area contributed by atoms with Crippen LogP contribution < -0.4 is 5.32 Å². The first-order valence-corrected chi connectivity index (χ1v) is 5.20. The van der Waals surface area contributed by atoms with E-state index < -0.39 is 0 Å². The summed E-state index contributed by atoms with van der Waals surface area (Å²) in [6.45, 7) is 9.91. The van der Waals surface area contributed by atoms with Gasteiger partial charge in [-0.3, -0.25) is 4.79 Å². The molecule has 0 aromatic heterocycles. The van der Waals surface area contributed by atoms with Crippen molar-refractivity contribution in [3.63, 3.8) is 0 Å². The van der Waals surface area contributed by atoms with E-state index in [0.717, 1.165) is 0 Å². The molecular weight excluding hydrogens is 190 g/mol. The molecule has 0 aliphatic carbocycles. The second-order valence-corrected chi connectivity index (χ2v) is 2.63. The summed E-state index contributed by atoms with van der Waals surface area (Å²) in [6, 6.07) is 0. The first-order valence-electron chi connectivity index (χ1n) is 5.20. The number of hydrogen-bond donors (Lipinski definition) is 1. The third-order valence-electron chi connectivity index (χ3n) is 1.64. The Labute approximate surface area is 91.5 Å². The van der Waals surface area contributed by atoms with Crippen LogP contribution in [0.25, 0.3) is 0 Å². The van der Waals surface area contributed by atoms with E-state index in [9.17, 15) is 4.79 Å². The quantitative estimate of drug-likeness (QED) is 0.759. The first-order chi connectivity index (χ1) is 7.27. The molecule has 1 rings (SSSR count). The molecule has 0 saturated carbocycles. The maximum Gasteiger partial charge on any atom is 0.227 e. The summed E-state index contributed by atoms with van der Waals surface area (Å²) in [6.07, 6.45) is 5.62. The van der Waals surface area contributed by atoms with E-state index >= 15 is 0 Å². The van der Waals surface area contributed by atoms with Gasteiger partial charge in [0, 0.05) is 0 Å². The monoisotopic (exact) mass is 209 g/mol. The fraction of sp³-hybridized carbons (Fsp3) is 0.417. The summed E-state index contributed by atoms with van der Waals surface area (Å²) in [4.78, 5) is 11.1. The summed E-state index contributed by atoms with van der Waals surface area (Å²) in [5.41, 5.74) is 0.681. The predicted molar refractivity (Wildman–Crippen MR) is 62.1 cm³/mol. The predicted octanol–water partition coefficient (Wildman–Crippen LogP) is 2.52. The van der Waals surface area contributed by atoms with Crippen molar-refractivity contribution in [2.45, 2.75) is 27.2 Å². The molecule has 0 unspecified atom stereocenters. The lowest BCUT2D eigenvalue weighted by atomic mass is 10.3. The fourth-order valence-electron chi connectivity index (χ4n) is 1.07. The lowest BCUT2D eigenvalue weighted by Crippen LogP contribution is -2.20. The Bertz CT molecular complexity index is 277. The number of amides is 1. The molecule has 1 amide bonds. The highest BCUT2D eigenvalue weighted by atomic mass is 16.5. The van der Waals surface area contributed by atoms with Crippen LogP contribution in [0.1, 0.15) is 27.2 Å². The zero-order chi connectivity index (χ0) is 11.7. The van der Waals surface area contributed by atoms with Gasteiger partial charge in [0.25, 0.3) is 0 Å². The minimum absolute atomic E-state index is 0.0232. The number of allylic oxidation sites excluding steroid dienone is 3. The van der Waals surface area contributed by atoms with Crippen molar-refractivity contribution in [2.75, 3.05) is 6.61 Å². The van der Waals surface area contributed by atoms with Crippen molar-refractivity contribution in [2.24, 2.45) is 0 Å². The van der Waals surface area contributed by atoms with Crippen LogP contribution in [0.2, 0.25) is 0 Å². The molecule has 1 N–H and O–H groups in total. The van der Waals surface area contributed by atoms with E-state index in [4.69, 9.17) is 4.74 Å². The summed E-state index contributed by atoms with van der Waals surface area (Å²) in [5, 5.41) is 2.74.